The van der Waals surface area contributed by atoms with Crippen molar-refractivity contribution in [2.24, 2.45) is 0 Å². The van der Waals surface area contributed by atoms with Crippen LogP contribution in [0.25, 0.3) is 21.5 Å². The van der Waals surface area contributed by atoms with Gasteiger partial charge in [0.15, 0.2) is 0 Å². The highest BCUT2D eigenvalue weighted by Gasteiger charge is 2.47. The summed E-state index contributed by atoms with van der Waals surface area (Å²) in [4.78, 5) is 0. The van der Waals surface area contributed by atoms with Gasteiger partial charge in [0.05, 0.1) is 13.2 Å². The van der Waals surface area contributed by atoms with Crippen LogP contribution in [-0.2, 0) is 0 Å². The van der Waals surface area contributed by atoms with Gasteiger partial charge in [0, 0.05) is 35.7 Å². The lowest BCUT2D eigenvalue weighted by Crippen LogP contribution is -2.50. The highest BCUT2D eigenvalue weighted by atomic mass is 16.3. The third kappa shape index (κ3) is 2.41. The molecule has 0 amide bonds. The first kappa shape index (κ1) is 16.5. The molecule has 1 heterocycles. The second-order valence-corrected chi connectivity index (χ2v) is 7.57. The van der Waals surface area contributed by atoms with Crippen molar-refractivity contribution in [2.45, 2.75) is 18.9 Å². The van der Waals surface area contributed by atoms with Crippen molar-refractivity contribution >= 4 is 32.9 Å². The van der Waals surface area contributed by atoms with Gasteiger partial charge < -0.3 is 5.11 Å². The molecular weight excluding hydrogens is 330 g/mol. The van der Waals surface area contributed by atoms with Gasteiger partial charge in [-0.05, 0) is 22.9 Å². The van der Waals surface area contributed by atoms with E-state index < -0.39 is 0 Å². The lowest BCUT2D eigenvalue weighted by atomic mass is 10.0. The van der Waals surface area contributed by atoms with Crippen molar-refractivity contribution in [3.63, 3.8) is 0 Å². The third-order valence-corrected chi connectivity index (χ3v) is 6.28. The van der Waals surface area contributed by atoms with E-state index in [1.165, 1.54) is 32.9 Å². The van der Waals surface area contributed by atoms with E-state index in [-0.39, 0.29) is 12.6 Å². The molecule has 1 atom stereocenters. The maximum Gasteiger partial charge on any atom is 0.146 e. The normalized spacial score (nSPS) is 18.9. The summed E-state index contributed by atoms with van der Waals surface area (Å²) in [5.74, 6) is 0. The fraction of sp³-hybridized carbons (Fsp3) is 0.200. The summed E-state index contributed by atoms with van der Waals surface area (Å²) >= 11 is 0. The SMILES string of the molecule is OC[C@H]1CCC[N+]1(c1cccc2ccccc12)c1cccc2ccccc12. The fourth-order valence-electron chi connectivity index (χ4n) is 5.09. The van der Waals surface area contributed by atoms with Crippen LogP contribution in [0.15, 0.2) is 84.9 Å². The quantitative estimate of drug-likeness (QED) is 0.462. The van der Waals surface area contributed by atoms with E-state index in [1.54, 1.807) is 0 Å². The lowest BCUT2D eigenvalue weighted by Gasteiger charge is -2.40. The Labute approximate surface area is 159 Å². The van der Waals surface area contributed by atoms with E-state index in [2.05, 4.69) is 84.9 Å². The number of fused-ring (bicyclic) bond motifs is 2. The van der Waals surface area contributed by atoms with Crippen LogP contribution in [0.1, 0.15) is 12.8 Å². The van der Waals surface area contributed by atoms with E-state index >= 15 is 0 Å². The molecule has 1 fully saturated rings. The van der Waals surface area contributed by atoms with Gasteiger partial charge >= 0.3 is 0 Å². The minimum atomic E-state index is 0.182. The largest absolute Gasteiger partial charge is 0.390 e. The first-order chi connectivity index (χ1) is 13.3. The minimum Gasteiger partial charge on any atom is -0.390 e. The second kappa shape index (κ2) is 6.49. The summed E-state index contributed by atoms with van der Waals surface area (Å²) in [5, 5.41) is 15.4. The zero-order valence-corrected chi connectivity index (χ0v) is 15.4. The van der Waals surface area contributed by atoms with Crippen molar-refractivity contribution < 1.29 is 5.11 Å². The van der Waals surface area contributed by atoms with Gasteiger partial charge in [-0.2, -0.15) is 0 Å². The topological polar surface area (TPSA) is 20.2 Å². The minimum absolute atomic E-state index is 0.182. The molecular formula is C25H24NO+. The molecule has 4 aromatic carbocycles. The maximum atomic E-state index is 10.4. The van der Waals surface area contributed by atoms with Gasteiger partial charge in [-0.3, -0.25) is 4.48 Å². The summed E-state index contributed by atoms with van der Waals surface area (Å²) in [6, 6.07) is 30.7. The average molecular weight is 354 g/mol. The number of nitrogens with zero attached hydrogens (tertiary/aromatic N) is 1. The Morgan fingerprint density at radius 3 is 1.78 bits per heavy atom. The maximum absolute atomic E-state index is 10.4. The van der Waals surface area contributed by atoms with Gasteiger partial charge in [0.25, 0.3) is 0 Å². The smallest absolute Gasteiger partial charge is 0.146 e. The second-order valence-electron chi connectivity index (χ2n) is 7.57. The number of quaternary nitrogens is 1. The first-order valence-electron chi connectivity index (χ1n) is 9.80. The average Bonchev–Trinajstić information content (AvgIpc) is 3.17. The number of hydrogen-bond donors (Lipinski definition) is 1. The van der Waals surface area contributed by atoms with Crippen LogP contribution in [0.3, 0.4) is 0 Å². The van der Waals surface area contributed by atoms with Crippen molar-refractivity contribution in [1.29, 1.82) is 0 Å². The zero-order chi connectivity index (χ0) is 18.3. The Morgan fingerprint density at radius 2 is 1.22 bits per heavy atom. The Hall–Kier alpha value is -2.68. The summed E-state index contributed by atoms with van der Waals surface area (Å²) in [5.41, 5.74) is 2.61. The number of aliphatic hydroxyl groups excluding tert-OH is 1. The Morgan fingerprint density at radius 1 is 0.704 bits per heavy atom. The molecule has 0 unspecified atom stereocenters. The molecule has 1 aliphatic rings. The number of aliphatic hydroxyl groups is 1. The molecule has 2 heteroatoms. The summed E-state index contributed by atoms with van der Waals surface area (Å²) in [6.07, 6.45) is 2.17. The summed E-state index contributed by atoms with van der Waals surface area (Å²) in [7, 11) is 0. The lowest BCUT2D eigenvalue weighted by molar-refractivity contribution is 0.202. The van der Waals surface area contributed by atoms with Crippen molar-refractivity contribution in [3.05, 3.63) is 84.9 Å². The molecule has 0 aromatic heterocycles. The fourth-order valence-corrected chi connectivity index (χ4v) is 5.09. The molecule has 5 rings (SSSR count). The molecule has 0 spiro atoms. The standard InChI is InChI=1S/C25H24NO/c27-18-21-12-7-17-26(21,24-15-5-10-19-8-1-3-13-22(19)24)25-16-6-11-20-9-2-4-14-23(20)25/h1-6,8-11,13-16,21,27H,7,12,17-18H2/q+1/t21-/m1/s1. The Balaban J connectivity index is 1.89. The molecule has 0 radical (unpaired) electrons. The summed E-state index contributed by atoms with van der Waals surface area (Å²) in [6.45, 7) is 1.22. The van der Waals surface area contributed by atoms with Crippen LogP contribution in [0, 0.1) is 0 Å². The Kier molecular flexibility index (Phi) is 3.96. The van der Waals surface area contributed by atoms with Gasteiger partial charge in [0.2, 0.25) is 0 Å². The van der Waals surface area contributed by atoms with Crippen LogP contribution in [0.2, 0.25) is 0 Å². The predicted octanol–water partition coefficient (Wildman–Crippen LogP) is 5.79. The van der Waals surface area contributed by atoms with Gasteiger partial charge in [0.1, 0.15) is 17.4 Å². The van der Waals surface area contributed by atoms with E-state index in [9.17, 15) is 5.11 Å². The van der Waals surface area contributed by atoms with E-state index in [4.69, 9.17) is 0 Å². The molecule has 27 heavy (non-hydrogen) atoms. The molecule has 0 bridgehead atoms. The molecule has 0 aliphatic carbocycles. The molecule has 4 aromatic rings. The monoisotopic (exact) mass is 354 g/mol. The highest BCUT2D eigenvalue weighted by molar-refractivity contribution is 6.00. The van der Waals surface area contributed by atoms with E-state index in [1.807, 2.05) is 0 Å². The number of rotatable bonds is 3. The van der Waals surface area contributed by atoms with Crippen molar-refractivity contribution in [3.8, 4) is 0 Å². The number of hydrogen-bond acceptors (Lipinski definition) is 1. The zero-order valence-electron chi connectivity index (χ0n) is 15.4. The Bertz CT molecular complexity index is 1030. The van der Waals surface area contributed by atoms with Gasteiger partial charge in [-0.25, -0.2) is 0 Å². The van der Waals surface area contributed by atoms with Crippen LogP contribution < -0.4 is 4.48 Å². The first-order valence-corrected chi connectivity index (χ1v) is 9.80. The van der Waals surface area contributed by atoms with E-state index in [0.29, 0.717) is 0 Å². The van der Waals surface area contributed by atoms with Crippen LogP contribution in [0.4, 0.5) is 11.4 Å². The third-order valence-electron chi connectivity index (χ3n) is 6.28. The molecule has 1 saturated heterocycles. The highest BCUT2D eigenvalue weighted by Crippen LogP contribution is 2.48. The van der Waals surface area contributed by atoms with Crippen LogP contribution in [0.5, 0.6) is 0 Å². The molecule has 0 saturated carbocycles. The van der Waals surface area contributed by atoms with Crippen molar-refractivity contribution in [1.82, 2.24) is 4.48 Å². The molecule has 2 nitrogen and oxygen atoms in total. The van der Waals surface area contributed by atoms with Crippen LogP contribution in [-0.4, -0.2) is 24.3 Å². The van der Waals surface area contributed by atoms with Gasteiger partial charge in [-0.1, -0.05) is 60.7 Å². The van der Waals surface area contributed by atoms with E-state index in [0.717, 1.165) is 23.9 Å². The molecule has 1 N–H and O–H groups in total. The van der Waals surface area contributed by atoms with Crippen molar-refractivity contribution in [2.75, 3.05) is 13.2 Å². The molecule has 134 valence electrons. The predicted molar refractivity (Wildman–Crippen MR) is 114 cm³/mol. The summed E-state index contributed by atoms with van der Waals surface area (Å²) < 4.78 is 0.735. The van der Waals surface area contributed by atoms with Gasteiger partial charge in [-0.15, -0.1) is 0 Å². The van der Waals surface area contributed by atoms with Crippen LogP contribution >= 0.6 is 0 Å². The molecule has 1 aliphatic heterocycles. The number of benzene rings is 4.